The van der Waals surface area contributed by atoms with E-state index in [4.69, 9.17) is 4.74 Å². The molecular formula is C35H26O2. The van der Waals surface area contributed by atoms with E-state index in [0.29, 0.717) is 12.2 Å². The number of hydrogen-bond donors (Lipinski definition) is 0. The number of esters is 1. The van der Waals surface area contributed by atoms with Crippen LogP contribution in [-0.4, -0.2) is 12.6 Å². The molecule has 0 N–H and O–H groups in total. The molecule has 0 radical (unpaired) electrons. The van der Waals surface area contributed by atoms with Crippen LogP contribution in [0.25, 0.3) is 54.9 Å². The van der Waals surface area contributed by atoms with Crippen LogP contribution >= 0.6 is 0 Å². The number of ether oxygens (including phenoxy) is 1. The van der Waals surface area contributed by atoms with E-state index in [0.717, 1.165) is 44.2 Å². The van der Waals surface area contributed by atoms with Crippen LogP contribution in [0.4, 0.5) is 0 Å². The Balaban J connectivity index is 1.66. The topological polar surface area (TPSA) is 26.3 Å². The molecule has 6 aromatic carbocycles. The molecule has 0 aromatic heterocycles. The lowest BCUT2D eigenvalue weighted by Gasteiger charge is -2.19. The maximum Gasteiger partial charge on any atom is 0.339 e. The van der Waals surface area contributed by atoms with E-state index in [1.807, 2.05) is 37.3 Å². The second kappa shape index (κ2) is 9.75. The number of fused-ring (bicyclic) bond motifs is 2. The molecular weight excluding hydrogens is 452 g/mol. The van der Waals surface area contributed by atoms with Crippen molar-refractivity contribution < 1.29 is 9.53 Å². The van der Waals surface area contributed by atoms with E-state index in [1.165, 1.54) is 10.8 Å². The van der Waals surface area contributed by atoms with Gasteiger partial charge >= 0.3 is 5.97 Å². The van der Waals surface area contributed by atoms with Gasteiger partial charge in [0, 0.05) is 5.56 Å². The summed E-state index contributed by atoms with van der Waals surface area (Å²) in [4.78, 5) is 13.7. The van der Waals surface area contributed by atoms with Crippen molar-refractivity contribution in [2.24, 2.45) is 0 Å². The third-order valence-electron chi connectivity index (χ3n) is 6.87. The average Bonchev–Trinajstić information content (AvgIpc) is 2.96. The molecule has 0 aliphatic carbocycles. The molecule has 178 valence electrons. The van der Waals surface area contributed by atoms with Crippen molar-refractivity contribution in [3.63, 3.8) is 0 Å². The van der Waals surface area contributed by atoms with Crippen molar-refractivity contribution in [3.05, 3.63) is 133 Å². The van der Waals surface area contributed by atoms with E-state index in [2.05, 4.69) is 97.1 Å². The van der Waals surface area contributed by atoms with E-state index < -0.39 is 0 Å². The number of benzene rings is 6. The van der Waals surface area contributed by atoms with Gasteiger partial charge < -0.3 is 4.74 Å². The summed E-state index contributed by atoms with van der Waals surface area (Å²) in [6.07, 6.45) is 0. The van der Waals surface area contributed by atoms with Gasteiger partial charge in [0.2, 0.25) is 0 Å². The molecule has 2 heteroatoms. The molecule has 0 spiro atoms. The van der Waals surface area contributed by atoms with Gasteiger partial charge in [-0.2, -0.15) is 0 Å². The SMILES string of the molecule is CCOC(=O)c1c(-c2ccc3ccccc3c2)ccc(-c2ccc3ccccc3c2)c1-c1ccccc1. The Bertz CT molecular complexity index is 1750. The van der Waals surface area contributed by atoms with E-state index >= 15 is 0 Å². The molecule has 2 nitrogen and oxygen atoms in total. The third kappa shape index (κ3) is 4.28. The third-order valence-corrected chi connectivity index (χ3v) is 6.87. The monoisotopic (exact) mass is 478 g/mol. The van der Waals surface area contributed by atoms with Gasteiger partial charge in [0.1, 0.15) is 0 Å². The number of hydrogen-bond acceptors (Lipinski definition) is 2. The van der Waals surface area contributed by atoms with E-state index in [-0.39, 0.29) is 5.97 Å². The van der Waals surface area contributed by atoms with Gasteiger partial charge in [-0.15, -0.1) is 0 Å². The second-order valence-corrected chi connectivity index (χ2v) is 9.12. The first-order valence-corrected chi connectivity index (χ1v) is 12.6. The van der Waals surface area contributed by atoms with Crippen LogP contribution in [0.5, 0.6) is 0 Å². The summed E-state index contributed by atoms with van der Waals surface area (Å²) in [6, 6.07) is 43.8. The fourth-order valence-electron chi connectivity index (χ4n) is 5.12. The molecule has 0 saturated heterocycles. The Kier molecular flexibility index (Phi) is 6.00. The Hall–Kier alpha value is -4.69. The van der Waals surface area contributed by atoms with Crippen LogP contribution < -0.4 is 0 Å². The predicted octanol–water partition coefficient (Wildman–Crippen LogP) is 9.17. The van der Waals surface area contributed by atoms with Crippen molar-refractivity contribution >= 4 is 27.5 Å². The molecule has 0 bridgehead atoms. The second-order valence-electron chi connectivity index (χ2n) is 9.12. The van der Waals surface area contributed by atoms with E-state index in [9.17, 15) is 4.79 Å². The van der Waals surface area contributed by atoms with Gasteiger partial charge in [-0.3, -0.25) is 0 Å². The Morgan fingerprint density at radius 1 is 0.541 bits per heavy atom. The van der Waals surface area contributed by atoms with E-state index in [1.54, 1.807) is 0 Å². The zero-order valence-corrected chi connectivity index (χ0v) is 20.6. The summed E-state index contributed by atoms with van der Waals surface area (Å²) in [5, 5.41) is 4.65. The van der Waals surface area contributed by atoms with Crippen LogP contribution in [0.15, 0.2) is 127 Å². The zero-order valence-electron chi connectivity index (χ0n) is 20.6. The first-order chi connectivity index (χ1) is 18.2. The number of carbonyl (C=O) groups is 1. The summed E-state index contributed by atoms with van der Waals surface area (Å²) in [5.41, 5.74) is 6.39. The van der Waals surface area contributed by atoms with Gasteiger partial charge in [-0.25, -0.2) is 4.79 Å². The van der Waals surface area contributed by atoms with Gasteiger partial charge in [0.15, 0.2) is 0 Å². The standard InChI is InChI=1S/C35H26O2/c1-2-37-35(36)34-32(30-19-17-25-11-7-9-15-28(25)23-30)21-20-31(33(34)26-12-4-3-5-13-26)29-18-16-24-10-6-8-14-27(24)22-29/h3-23H,2H2,1H3. The number of rotatable bonds is 5. The molecule has 0 saturated carbocycles. The van der Waals surface area contributed by atoms with Crippen molar-refractivity contribution in [2.75, 3.05) is 6.61 Å². The Morgan fingerprint density at radius 3 is 1.65 bits per heavy atom. The number of carbonyl (C=O) groups excluding carboxylic acids is 1. The average molecular weight is 479 g/mol. The smallest absolute Gasteiger partial charge is 0.339 e. The largest absolute Gasteiger partial charge is 0.462 e. The summed E-state index contributed by atoms with van der Waals surface area (Å²) in [6.45, 7) is 2.16. The van der Waals surface area contributed by atoms with Crippen molar-refractivity contribution in [3.8, 4) is 33.4 Å². The van der Waals surface area contributed by atoms with Gasteiger partial charge in [-0.1, -0.05) is 115 Å². The van der Waals surface area contributed by atoms with Gasteiger partial charge in [0.05, 0.1) is 12.2 Å². The lowest BCUT2D eigenvalue weighted by atomic mass is 9.85. The Morgan fingerprint density at radius 2 is 1.05 bits per heavy atom. The highest BCUT2D eigenvalue weighted by molar-refractivity contribution is 6.09. The van der Waals surface area contributed by atoms with Gasteiger partial charge in [0.25, 0.3) is 0 Å². The Labute approximate surface area is 216 Å². The lowest BCUT2D eigenvalue weighted by molar-refractivity contribution is 0.0528. The first-order valence-electron chi connectivity index (χ1n) is 12.6. The zero-order chi connectivity index (χ0) is 25.2. The van der Waals surface area contributed by atoms with Crippen molar-refractivity contribution in [2.45, 2.75) is 6.92 Å². The maximum atomic E-state index is 13.7. The van der Waals surface area contributed by atoms with Crippen LogP contribution in [0.3, 0.4) is 0 Å². The molecule has 0 fully saturated rings. The molecule has 0 heterocycles. The molecule has 0 unspecified atom stereocenters. The molecule has 0 aliphatic rings. The quantitative estimate of drug-likeness (QED) is 0.231. The fourth-order valence-corrected chi connectivity index (χ4v) is 5.12. The van der Waals surface area contributed by atoms with Crippen molar-refractivity contribution in [1.82, 2.24) is 0 Å². The van der Waals surface area contributed by atoms with Crippen LogP contribution in [0.2, 0.25) is 0 Å². The lowest BCUT2D eigenvalue weighted by Crippen LogP contribution is -2.10. The highest BCUT2D eigenvalue weighted by atomic mass is 16.5. The minimum absolute atomic E-state index is 0.310. The molecule has 6 rings (SSSR count). The molecule has 6 aromatic rings. The molecule has 0 aliphatic heterocycles. The summed E-state index contributed by atoms with van der Waals surface area (Å²) >= 11 is 0. The minimum atomic E-state index is -0.313. The minimum Gasteiger partial charge on any atom is -0.462 e. The highest BCUT2D eigenvalue weighted by Crippen LogP contribution is 2.41. The summed E-state index contributed by atoms with van der Waals surface area (Å²) in [5.74, 6) is -0.313. The van der Waals surface area contributed by atoms with Crippen molar-refractivity contribution in [1.29, 1.82) is 0 Å². The maximum absolute atomic E-state index is 13.7. The van der Waals surface area contributed by atoms with Crippen LogP contribution in [0.1, 0.15) is 17.3 Å². The highest BCUT2D eigenvalue weighted by Gasteiger charge is 2.24. The fraction of sp³-hybridized carbons (Fsp3) is 0.0571. The normalized spacial score (nSPS) is 11.1. The summed E-state index contributed by atoms with van der Waals surface area (Å²) in [7, 11) is 0. The molecule has 37 heavy (non-hydrogen) atoms. The van der Waals surface area contributed by atoms with Crippen LogP contribution in [0, 0.1) is 0 Å². The predicted molar refractivity (Wildman–Crippen MR) is 154 cm³/mol. The summed E-state index contributed by atoms with van der Waals surface area (Å²) < 4.78 is 5.66. The first kappa shape index (κ1) is 22.8. The van der Waals surface area contributed by atoms with Crippen LogP contribution in [-0.2, 0) is 4.74 Å². The van der Waals surface area contributed by atoms with Gasteiger partial charge in [-0.05, 0) is 68.4 Å². The molecule has 0 atom stereocenters. The molecule has 0 amide bonds.